The average molecular weight is 195 g/mol. The highest BCUT2D eigenvalue weighted by Gasteiger charge is 2.37. The minimum absolute atomic E-state index is 0.108. The predicted molar refractivity (Wildman–Crippen MR) is 54.8 cm³/mol. The second kappa shape index (κ2) is 3.69. The molecule has 2 N–H and O–H groups in total. The van der Waals surface area contributed by atoms with E-state index in [-0.39, 0.29) is 11.8 Å². The van der Waals surface area contributed by atoms with Gasteiger partial charge in [-0.25, -0.2) is 5.01 Å². The van der Waals surface area contributed by atoms with Crippen LogP contribution in [0.2, 0.25) is 0 Å². The van der Waals surface area contributed by atoms with Gasteiger partial charge in [-0.15, -0.1) is 0 Å². The highest BCUT2D eigenvalue weighted by Crippen LogP contribution is 2.28. The molecule has 0 bridgehead atoms. The smallest absolute Gasteiger partial charge is 0.253 e. The molecule has 1 saturated carbocycles. The van der Waals surface area contributed by atoms with Gasteiger partial charge in [0.15, 0.2) is 0 Å². The predicted octanol–water partition coefficient (Wildman–Crippen LogP) is 0.722. The molecule has 78 valence electrons. The summed E-state index contributed by atoms with van der Waals surface area (Å²) in [6.45, 7) is 2.28. The third kappa shape index (κ3) is 1.43. The summed E-state index contributed by atoms with van der Waals surface area (Å²) in [5.41, 5.74) is 6.43. The maximum absolute atomic E-state index is 11.9. The molecule has 1 fully saturated rings. The van der Waals surface area contributed by atoms with Crippen molar-refractivity contribution in [3.63, 3.8) is 0 Å². The first-order valence-corrected chi connectivity index (χ1v) is 5.32. The molecule has 1 aliphatic carbocycles. The quantitative estimate of drug-likeness (QED) is 0.706. The van der Waals surface area contributed by atoms with Crippen molar-refractivity contribution in [1.82, 2.24) is 5.01 Å². The molecule has 1 unspecified atom stereocenters. The molecule has 0 aromatic heterocycles. The van der Waals surface area contributed by atoms with Crippen LogP contribution in [-0.2, 0) is 4.79 Å². The minimum Gasteiger partial charge on any atom is -0.329 e. The zero-order valence-electron chi connectivity index (χ0n) is 8.57. The molecule has 0 spiro atoms. The number of carbonyl (C=O) groups excluding carboxylic acids is 1. The van der Waals surface area contributed by atoms with Crippen LogP contribution < -0.4 is 5.73 Å². The van der Waals surface area contributed by atoms with Crippen molar-refractivity contribution in [1.29, 1.82) is 0 Å². The number of hydrazone groups is 1. The molecule has 2 rings (SSSR count). The Morgan fingerprint density at radius 3 is 2.64 bits per heavy atom. The van der Waals surface area contributed by atoms with E-state index in [9.17, 15) is 4.79 Å². The molecule has 0 saturated heterocycles. The number of nitrogens with zero attached hydrogens (tertiary/aromatic N) is 2. The van der Waals surface area contributed by atoms with Crippen molar-refractivity contribution in [2.24, 2.45) is 16.8 Å². The lowest BCUT2D eigenvalue weighted by Crippen LogP contribution is -2.36. The van der Waals surface area contributed by atoms with Gasteiger partial charge in [-0.05, 0) is 19.8 Å². The van der Waals surface area contributed by atoms with E-state index in [2.05, 4.69) is 5.10 Å². The molecular formula is C10H17N3O. The summed E-state index contributed by atoms with van der Waals surface area (Å²) in [5.74, 6) is -0.0486. The lowest BCUT2D eigenvalue weighted by molar-refractivity contribution is -0.133. The van der Waals surface area contributed by atoms with Gasteiger partial charge < -0.3 is 5.73 Å². The zero-order chi connectivity index (χ0) is 10.1. The maximum Gasteiger partial charge on any atom is 0.253 e. The summed E-state index contributed by atoms with van der Waals surface area (Å²) in [6, 6.07) is 0.342. The molecule has 1 amide bonds. The standard InChI is InChI=1S/C10H17N3O/c1-7-9(6-11)10(14)13(12-7)8-4-2-3-5-8/h8-9H,2-6,11H2,1H3. The monoisotopic (exact) mass is 195 g/mol. The third-order valence-electron chi connectivity index (χ3n) is 3.20. The fraction of sp³-hybridized carbons (Fsp3) is 0.800. The van der Waals surface area contributed by atoms with E-state index in [1.54, 1.807) is 5.01 Å². The zero-order valence-corrected chi connectivity index (χ0v) is 8.57. The van der Waals surface area contributed by atoms with Gasteiger partial charge in [-0.1, -0.05) is 12.8 Å². The van der Waals surface area contributed by atoms with Gasteiger partial charge in [-0.2, -0.15) is 5.10 Å². The van der Waals surface area contributed by atoms with Crippen LogP contribution in [0.3, 0.4) is 0 Å². The third-order valence-corrected chi connectivity index (χ3v) is 3.20. The Labute approximate surface area is 84.1 Å². The van der Waals surface area contributed by atoms with Crippen molar-refractivity contribution in [2.45, 2.75) is 38.6 Å². The van der Waals surface area contributed by atoms with Crippen LogP contribution in [0.5, 0.6) is 0 Å². The van der Waals surface area contributed by atoms with Gasteiger partial charge in [0.25, 0.3) is 5.91 Å². The molecular weight excluding hydrogens is 178 g/mol. The minimum atomic E-state index is -0.157. The van der Waals surface area contributed by atoms with Gasteiger partial charge >= 0.3 is 0 Å². The van der Waals surface area contributed by atoms with Crippen LogP contribution >= 0.6 is 0 Å². The van der Waals surface area contributed by atoms with Gasteiger partial charge in [0.2, 0.25) is 0 Å². The summed E-state index contributed by atoms with van der Waals surface area (Å²) in [7, 11) is 0. The number of rotatable bonds is 2. The molecule has 2 aliphatic rings. The van der Waals surface area contributed by atoms with Crippen molar-refractivity contribution in [3.8, 4) is 0 Å². The molecule has 0 aromatic rings. The van der Waals surface area contributed by atoms with E-state index < -0.39 is 0 Å². The van der Waals surface area contributed by atoms with E-state index in [4.69, 9.17) is 5.73 Å². The van der Waals surface area contributed by atoms with Gasteiger partial charge in [0.1, 0.15) is 0 Å². The van der Waals surface area contributed by atoms with Crippen molar-refractivity contribution in [3.05, 3.63) is 0 Å². The Morgan fingerprint density at radius 2 is 2.14 bits per heavy atom. The van der Waals surface area contributed by atoms with Gasteiger partial charge in [-0.3, -0.25) is 4.79 Å². The maximum atomic E-state index is 11.9. The average Bonchev–Trinajstić information content (AvgIpc) is 2.74. The summed E-state index contributed by atoms with van der Waals surface area (Å²) >= 11 is 0. The molecule has 4 heteroatoms. The Bertz CT molecular complexity index is 269. The van der Waals surface area contributed by atoms with Crippen molar-refractivity contribution >= 4 is 11.6 Å². The summed E-state index contributed by atoms with van der Waals surface area (Å²) in [6.07, 6.45) is 4.63. The SMILES string of the molecule is CC1=NN(C2CCCC2)C(=O)C1CN. The van der Waals surface area contributed by atoms with E-state index >= 15 is 0 Å². The first-order valence-electron chi connectivity index (χ1n) is 5.32. The summed E-state index contributed by atoms with van der Waals surface area (Å²) < 4.78 is 0. The normalized spacial score (nSPS) is 28.7. The Balaban J connectivity index is 2.11. The number of carbonyl (C=O) groups is 1. The highest BCUT2D eigenvalue weighted by molar-refractivity contribution is 6.07. The number of nitrogens with two attached hydrogens (primary N) is 1. The lowest BCUT2D eigenvalue weighted by Gasteiger charge is -2.20. The van der Waals surface area contributed by atoms with E-state index in [0.717, 1.165) is 18.6 Å². The lowest BCUT2D eigenvalue weighted by atomic mass is 10.1. The largest absolute Gasteiger partial charge is 0.329 e. The molecule has 0 aromatic carbocycles. The van der Waals surface area contributed by atoms with Crippen LogP contribution in [0.15, 0.2) is 5.10 Å². The van der Waals surface area contributed by atoms with Gasteiger partial charge in [0, 0.05) is 12.3 Å². The second-order valence-electron chi connectivity index (χ2n) is 4.15. The van der Waals surface area contributed by atoms with E-state index in [1.165, 1.54) is 12.8 Å². The summed E-state index contributed by atoms with van der Waals surface area (Å²) in [5, 5.41) is 6.00. The highest BCUT2D eigenvalue weighted by atomic mass is 16.2. The number of amides is 1. The first kappa shape index (κ1) is 9.65. The van der Waals surface area contributed by atoms with E-state index in [1.807, 2.05) is 6.92 Å². The fourth-order valence-electron chi connectivity index (χ4n) is 2.31. The number of hydrogen-bond donors (Lipinski definition) is 1. The molecule has 1 heterocycles. The first-order chi connectivity index (χ1) is 6.74. The van der Waals surface area contributed by atoms with Crippen LogP contribution in [0.4, 0.5) is 0 Å². The molecule has 0 radical (unpaired) electrons. The van der Waals surface area contributed by atoms with E-state index in [0.29, 0.717) is 12.6 Å². The molecule has 1 aliphatic heterocycles. The van der Waals surface area contributed by atoms with Crippen LogP contribution in [-0.4, -0.2) is 29.2 Å². The Morgan fingerprint density at radius 1 is 1.50 bits per heavy atom. The van der Waals surface area contributed by atoms with Crippen LogP contribution in [0.25, 0.3) is 0 Å². The fourth-order valence-corrected chi connectivity index (χ4v) is 2.31. The van der Waals surface area contributed by atoms with Crippen molar-refractivity contribution < 1.29 is 4.79 Å². The van der Waals surface area contributed by atoms with Gasteiger partial charge in [0.05, 0.1) is 12.0 Å². The molecule has 1 atom stereocenters. The number of hydrogen-bond acceptors (Lipinski definition) is 3. The molecule has 14 heavy (non-hydrogen) atoms. The Hall–Kier alpha value is -0.900. The molecule has 4 nitrogen and oxygen atoms in total. The van der Waals surface area contributed by atoms with Crippen LogP contribution in [0.1, 0.15) is 32.6 Å². The second-order valence-corrected chi connectivity index (χ2v) is 4.15. The van der Waals surface area contributed by atoms with Crippen LogP contribution in [0, 0.1) is 5.92 Å². The van der Waals surface area contributed by atoms with Crippen molar-refractivity contribution in [2.75, 3.05) is 6.54 Å². The Kier molecular flexibility index (Phi) is 2.54. The topological polar surface area (TPSA) is 58.7 Å². The summed E-state index contributed by atoms with van der Waals surface area (Å²) in [4.78, 5) is 11.9.